The molecule has 26 heavy (non-hydrogen) atoms. The molecule has 3 nitrogen and oxygen atoms in total. The van der Waals surface area contributed by atoms with E-state index in [1.165, 1.54) is 0 Å². The molecule has 0 saturated heterocycles. The first-order chi connectivity index (χ1) is 11.7. The van der Waals surface area contributed by atoms with Crippen molar-refractivity contribution < 1.29 is 4.74 Å². The summed E-state index contributed by atoms with van der Waals surface area (Å²) in [5.41, 5.74) is 0.271. The second-order valence-corrected chi connectivity index (χ2v) is 6.60. The average Bonchev–Trinajstić information content (AvgIpc) is 2.90. The molecule has 2 aromatic rings. The molecule has 14 heteroatoms. The fourth-order valence-electron chi connectivity index (χ4n) is 2.44. The summed E-state index contributed by atoms with van der Waals surface area (Å²) in [6, 6.07) is -0.114. The molecular weight excluding hydrogens is 332 g/mol. The number of alkyl halides is 1. The van der Waals surface area contributed by atoms with Gasteiger partial charge >= 0.3 is 0 Å². The second-order valence-electron chi connectivity index (χ2n) is 5.98. The number of aromatic nitrogens is 2. The summed E-state index contributed by atoms with van der Waals surface area (Å²) in [4.78, 5) is 4.23. The van der Waals surface area contributed by atoms with E-state index in [4.69, 9.17) is 94.8 Å². The molecule has 0 unspecified atom stereocenters. The van der Waals surface area contributed by atoms with Gasteiger partial charge in [0.25, 0.3) is 6.01 Å². The van der Waals surface area contributed by atoms with Crippen LogP contribution in [0.2, 0.25) is 5.21 Å². The van der Waals surface area contributed by atoms with Crippen molar-refractivity contribution in [1.82, 2.24) is 9.55 Å². The van der Waals surface area contributed by atoms with E-state index in [-0.39, 0.29) is 45.5 Å². The zero-order valence-corrected chi connectivity index (χ0v) is 14.9. The molecule has 0 saturated carbocycles. The first-order valence-electron chi connectivity index (χ1n) is 7.39. The number of fused-ring (bicyclic) bond motifs is 1. The number of halogens is 1. The SMILES string of the molecule is [B]c1c([B])c([B])c2c(nc(OCC)n2C([B])([B])C([B])([B])C([B])([B])Cl)c1[B]. The van der Waals surface area contributed by atoms with Gasteiger partial charge in [-0.2, -0.15) is 4.98 Å². The van der Waals surface area contributed by atoms with Gasteiger partial charge in [-0.15, -0.1) is 22.5 Å². The molecule has 0 spiro atoms. The van der Waals surface area contributed by atoms with Crippen molar-refractivity contribution in [1.29, 1.82) is 0 Å². The maximum Gasteiger partial charge on any atom is 0.296 e. The summed E-state index contributed by atoms with van der Waals surface area (Å²) in [6.45, 7) is 1.88. The van der Waals surface area contributed by atoms with Crippen LogP contribution in [0, 0.1) is 0 Å². The minimum Gasteiger partial charge on any atom is -0.465 e. The minimum absolute atomic E-state index is 0.00715. The topological polar surface area (TPSA) is 27.1 Å². The molecule has 1 heterocycles. The highest BCUT2D eigenvalue weighted by Crippen LogP contribution is 2.46. The van der Waals surface area contributed by atoms with Crippen molar-refractivity contribution in [3.63, 3.8) is 0 Å². The van der Waals surface area contributed by atoms with Gasteiger partial charge in [0.1, 0.15) is 31.4 Å². The fourth-order valence-corrected chi connectivity index (χ4v) is 2.59. The number of hydrogen-bond acceptors (Lipinski definition) is 2. The zero-order chi connectivity index (χ0) is 20.2. The number of nitrogens with zero attached hydrogens (tertiary/aromatic N) is 2. The lowest BCUT2D eigenvalue weighted by Crippen LogP contribution is -2.59. The predicted molar refractivity (Wildman–Crippen MR) is 116 cm³/mol. The van der Waals surface area contributed by atoms with Gasteiger partial charge in [0.15, 0.2) is 0 Å². The van der Waals surface area contributed by atoms with Crippen LogP contribution in [0.25, 0.3) is 11.0 Å². The van der Waals surface area contributed by atoms with E-state index in [2.05, 4.69) is 4.98 Å². The van der Waals surface area contributed by atoms with E-state index >= 15 is 0 Å². The smallest absolute Gasteiger partial charge is 0.296 e. The minimum atomic E-state index is -2.28. The number of rotatable bonds is 5. The lowest BCUT2D eigenvalue weighted by atomic mass is 9.25. The van der Waals surface area contributed by atoms with Crippen LogP contribution in [0.5, 0.6) is 6.01 Å². The quantitative estimate of drug-likeness (QED) is 0.405. The summed E-state index contributed by atoms with van der Waals surface area (Å²) >= 11 is 5.90. The van der Waals surface area contributed by atoms with E-state index in [0.29, 0.717) is 0 Å². The molecule has 0 aliphatic rings. The maximum atomic E-state index is 6.21. The molecule has 2 rings (SSSR count). The summed E-state index contributed by atoms with van der Waals surface area (Å²) in [5.74, 6) is 0. The Morgan fingerprint density at radius 3 is 1.88 bits per heavy atom. The van der Waals surface area contributed by atoms with E-state index in [1.807, 2.05) is 0 Å². The number of hydrogen-bond donors (Lipinski definition) is 0. The fraction of sp³-hybridized carbons (Fsp3) is 0.417. The van der Waals surface area contributed by atoms with Gasteiger partial charge in [-0.1, -0.05) is 16.1 Å². The van der Waals surface area contributed by atoms with Gasteiger partial charge in [0, 0.05) is 0 Å². The molecule has 0 N–H and O–H groups in total. The van der Waals surface area contributed by atoms with E-state index in [1.54, 1.807) is 6.92 Å². The standard InChI is InChI=1S/C12H5B10ClN2O/c1-2-26-9-24-7-5(15)3(13)4(14)6(16)8(7)25(9)12(21,22)10(17,18)11(19,20)23/h2H2,1H3. The van der Waals surface area contributed by atoms with Gasteiger partial charge in [-0.05, 0) is 16.9 Å². The Morgan fingerprint density at radius 1 is 0.923 bits per heavy atom. The van der Waals surface area contributed by atoms with Crippen LogP contribution in [-0.2, 0) is 5.34 Å². The van der Waals surface area contributed by atoms with E-state index in [9.17, 15) is 0 Å². The van der Waals surface area contributed by atoms with Crippen molar-refractivity contribution in [3.8, 4) is 6.01 Å². The highest BCUT2D eigenvalue weighted by Gasteiger charge is 2.47. The van der Waals surface area contributed by atoms with Crippen LogP contribution in [0.15, 0.2) is 0 Å². The summed E-state index contributed by atoms with van der Waals surface area (Å²) in [7, 11) is 59.5. The highest BCUT2D eigenvalue weighted by atomic mass is 35.5. The Balaban J connectivity index is 3.00. The van der Waals surface area contributed by atoms with Crippen LogP contribution < -0.4 is 26.6 Å². The van der Waals surface area contributed by atoms with Gasteiger partial charge in [0.05, 0.1) is 64.7 Å². The zero-order valence-electron chi connectivity index (χ0n) is 14.2. The molecule has 0 amide bonds. The Hall–Kier alpha value is -0.571. The molecule has 0 aliphatic carbocycles. The van der Waals surface area contributed by atoms with Crippen molar-refractivity contribution in [2.45, 2.75) is 22.1 Å². The Morgan fingerprint density at radius 2 is 1.42 bits per heavy atom. The molecule has 0 aliphatic heterocycles. The summed E-state index contributed by atoms with van der Waals surface area (Å²) in [5, 5.41) is -4.51. The number of ether oxygens (including phenoxy) is 1. The van der Waals surface area contributed by atoms with Crippen LogP contribution >= 0.6 is 11.6 Å². The van der Waals surface area contributed by atoms with Gasteiger partial charge in [0.2, 0.25) is 0 Å². The van der Waals surface area contributed by atoms with Gasteiger partial charge in [-0.3, -0.25) is 0 Å². The normalized spacial score (nSPS) is 13.2. The molecule has 0 atom stereocenters. The molecule has 0 fully saturated rings. The first-order valence-corrected chi connectivity index (χ1v) is 7.77. The lowest BCUT2D eigenvalue weighted by molar-refractivity contribution is 0.288. The summed E-state index contributed by atoms with van der Waals surface area (Å²) < 4.78 is 4.33. The van der Waals surface area contributed by atoms with Crippen molar-refractivity contribution in [3.05, 3.63) is 0 Å². The van der Waals surface area contributed by atoms with E-state index in [0.717, 1.165) is 4.57 Å². The first kappa shape index (κ1) is 21.7. The molecule has 0 bridgehead atoms. The number of benzene rings is 1. The van der Waals surface area contributed by atoms with Gasteiger partial charge < -0.3 is 9.30 Å². The van der Waals surface area contributed by atoms with Crippen molar-refractivity contribution in [2.24, 2.45) is 0 Å². The summed E-state index contributed by atoms with van der Waals surface area (Å²) in [6.07, 6.45) is 0. The van der Waals surface area contributed by atoms with Crippen LogP contribution in [-0.4, -0.2) is 99.3 Å². The van der Waals surface area contributed by atoms with Gasteiger partial charge in [-0.25, -0.2) is 0 Å². The molecular formula is C12H5B10ClN2O. The van der Waals surface area contributed by atoms with Crippen molar-refractivity contribution in [2.75, 3.05) is 6.61 Å². The third kappa shape index (κ3) is 3.02. The molecule has 1 aromatic carbocycles. The maximum absolute atomic E-state index is 6.21. The third-order valence-corrected chi connectivity index (χ3v) is 4.48. The Labute approximate surface area is 172 Å². The molecule has 1 aromatic heterocycles. The Kier molecular flexibility index (Phi) is 5.68. The Bertz CT molecular complexity index is 860. The predicted octanol–water partition coefficient (Wildman–Crippen LogP) is -4.76. The van der Waals surface area contributed by atoms with Crippen molar-refractivity contribution >= 4 is 123 Å². The van der Waals surface area contributed by atoms with Crippen LogP contribution in [0.3, 0.4) is 0 Å². The van der Waals surface area contributed by atoms with E-state index < -0.39 is 15.2 Å². The lowest BCUT2D eigenvalue weighted by Gasteiger charge is -2.53. The largest absolute Gasteiger partial charge is 0.465 e. The highest BCUT2D eigenvalue weighted by molar-refractivity contribution is 6.72. The van der Waals surface area contributed by atoms with Crippen LogP contribution in [0.1, 0.15) is 6.92 Å². The number of imidazole rings is 1. The van der Waals surface area contributed by atoms with Crippen LogP contribution in [0.4, 0.5) is 0 Å². The monoisotopic (exact) mass is 338 g/mol. The average molecular weight is 337 g/mol. The second kappa shape index (κ2) is 6.79. The molecule has 20 radical (unpaired) electrons. The third-order valence-electron chi connectivity index (χ3n) is 4.17. The molecule has 106 valence electrons.